The smallest absolute Gasteiger partial charge is 0.433 e. The zero-order valence-corrected chi connectivity index (χ0v) is 17.2. The van der Waals surface area contributed by atoms with Gasteiger partial charge in [-0.1, -0.05) is 30.3 Å². The fourth-order valence-electron chi connectivity index (χ4n) is 4.40. The first-order valence-electron chi connectivity index (χ1n) is 10.4. The van der Waals surface area contributed by atoms with Crippen LogP contribution in [-0.2, 0) is 14.9 Å². The Morgan fingerprint density at radius 2 is 1.87 bits per heavy atom. The Morgan fingerprint density at radius 3 is 2.47 bits per heavy atom. The molecule has 0 radical (unpaired) electrons. The van der Waals surface area contributed by atoms with E-state index in [1.807, 2.05) is 25.1 Å². The van der Waals surface area contributed by atoms with Crippen LogP contribution in [0.25, 0.3) is 0 Å². The molecule has 0 amide bonds. The summed E-state index contributed by atoms with van der Waals surface area (Å²) in [6.07, 6.45) is 4.93. The van der Waals surface area contributed by atoms with E-state index in [9.17, 15) is 19.7 Å². The number of esters is 1. The normalized spacial score (nSPS) is 21.2. The lowest BCUT2D eigenvalue weighted by atomic mass is 9.64. The van der Waals surface area contributed by atoms with Gasteiger partial charge in [0.2, 0.25) is 0 Å². The van der Waals surface area contributed by atoms with Gasteiger partial charge in [0.05, 0.1) is 19.1 Å². The van der Waals surface area contributed by atoms with Gasteiger partial charge < -0.3 is 9.15 Å². The molecule has 2 aromatic rings. The molecule has 1 fully saturated rings. The first-order valence-corrected chi connectivity index (χ1v) is 10.4. The summed E-state index contributed by atoms with van der Waals surface area (Å²) in [5.74, 6) is -0.386. The molecular weight excluding hydrogens is 386 g/mol. The minimum absolute atomic E-state index is 0.0402. The molecule has 0 bridgehead atoms. The molecule has 160 valence electrons. The Labute approximate surface area is 175 Å². The van der Waals surface area contributed by atoms with Crippen molar-refractivity contribution >= 4 is 17.6 Å². The highest BCUT2D eigenvalue weighted by Crippen LogP contribution is 2.45. The SMILES string of the molecule is CCOC(=O)CC1(c2ccccc2)CCC(CCC(=O)c2ccc([N+](=O)[O-])o2)CC1. The van der Waals surface area contributed by atoms with E-state index in [0.29, 0.717) is 31.8 Å². The van der Waals surface area contributed by atoms with Crippen LogP contribution < -0.4 is 0 Å². The van der Waals surface area contributed by atoms with Gasteiger partial charge in [0.25, 0.3) is 0 Å². The summed E-state index contributed by atoms with van der Waals surface area (Å²) in [4.78, 5) is 34.6. The maximum Gasteiger partial charge on any atom is 0.433 e. The van der Waals surface area contributed by atoms with Crippen molar-refractivity contribution < 1.29 is 23.7 Å². The van der Waals surface area contributed by atoms with Crippen LogP contribution in [0.5, 0.6) is 0 Å². The molecule has 3 rings (SSSR count). The standard InChI is InChI=1S/C23H27NO6/c1-2-29-22(26)16-23(18-6-4-3-5-7-18)14-12-17(13-15-23)8-9-19(25)20-10-11-21(30-20)24(27)28/h3-7,10-11,17H,2,8-9,12-16H2,1H3. The molecule has 0 atom stereocenters. The minimum Gasteiger partial charge on any atom is -0.466 e. The summed E-state index contributed by atoms with van der Waals surface area (Å²) in [7, 11) is 0. The molecule has 1 aliphatic carbocycles. The summed E-state index contributed by atoms with van der Waals surface area (Å²) >= 11 is 0. The molecule has 7 heteroatoms. The van der Waals surface area contributed by atoms with Gasteiger partial charge in [0.15, 0.2) is 11.5 Å². The summed E-state index contributed by atoms with van der Waals surface area (Å²) in [6.45, 7) is 2.19. The van der Waals surface area contributed by atoms with Crippen LogP contribution in [0, 0.1) is 16.0 Å². The summed E-state index contributed by atoms with van der Waals surface area (Å²) < 4.78 is 10.2. The van der Waals surface area contributed by atoms with Crippen molar-refractivity contribution in [2.75, 3.05) is 6.61 Å². The summed E-state index contributed by atoms with van der Waals surface area (Å²) in [6, 6.07) is 12.7. The number of benzene rings is 1. The second-order valence-electron chi connectivity index (χ2n) is 7.93. The first-order chi connectivity index (χ1) is 14.4. The van der Waals surface area contributed by atoms with Gasteiger partial charge in [-0.2, -0.15) is 0 Å². The van der Waals surface area contributed by atoms with Gasteiger partial charge in [-0.15, -0.1) is 0 Å². The van der Waals surface area contributed by atoms with Gasteiger partial charge in [0, 0.05) is 11.8 Å². The number of rotatable bonds is 9. The number of ketones is 1. The van der Waals surface area contributed by atoms with E-state index in [2.05, 4.69) is 12.1 Å². The Balaban J connectivity index is 1.59. The average Bonchev–Trinajstić information content (AvgIpc) is 3.25. The number of hydrogen-bond donors (Lipinski definition) is 0. The number of ether oxygens (including phenoxy) is 1. The van der Waals surface area contributed by atoms with E-state index in [0.717, 1.165) is 31.2 Å². The van der Waals surface area contributed by atoms with Crippen molar-refractivity contribution in [2.24, 2.45) is 5.92 Å². The van der Waals surface area contributed by atoms with E-state index < -0.39 is 10.8 Å². The molecule has 0 unspecified atom stereocenters. The number of furan rings is 1. The second-order valence-corrected chi connectivity index (χ2v) is 7.93. The number of nitrogens with zero attached hydrogens (tertiary/aromatic N) is 1. The lowest BCUT2D eigenvalue weighted by Gasteiger charge is -2.40. The molecule has 30 heavy (non-hydrogen) atoms. The number of Topliss-reactive ketones (excluding diaryl/α,β-unsaturated/α-hetero) is 1. The highest BCUT2D eigenvalue weighted by molar-refractivity contribution is 5.93. The van der Waals surface area contributed by atoms with Crippen molar-refractivity contribution in [1.82, 2.24) is 0 Å². The molecule has 1 aromatic heterocycles. The van der Waals surface area contributed by atoms with Gasteiger partial charge in [-0.25, -0.2) is 0 Å². The molecular formula is C23H27NO6. The van der Waals surface area contributed by atoms with E-state index in [4.69, 9.17) is 9.15 Å². The maximum atomic E-state index is 12.3. The molecule has 1 heterocycles. The Kier molecular flexibility index (Phi) is 7.03. The number of nitro groups is 1. The topological polar surface area (TPSA) is 99.7 Å². The molecule has 1 aromatic carbocycles. The lowest BCUT2D eigenvalue weighted by Crippen LogP contribution is -2.35. The highest BCUT2D eigenvalue weighted by atomic mass is 16.6. The third kappa shape index (κ3) is 5.14. The van der Waals surface area contributed by atoms with Crippen LogP contribution in [0.2, 0.25) is 0 Å². The van der Waals surface area contributed by atoms with Crippen LogP contribution >= 0.6 is 0 Å². The van der Waals surface area contributed by atoms with Crippen LogP contribution in [0.4, 0.5) is 5.88 Å². The molecule has 0 spiro atoms. The van der Waals surface area contributed by atoms with Crippen molar-refractivity contribution in [1.29, 1.82) is 0 Å². The van der Waals surface area contributed by atoms with Crippen LogP contribution in [-0.4, -0.2) is 23.3 Å². The predicted octanol–water partition coefficient (Wildman–Crippen LogP) is 5.23. The summed E-state index contributed by atoms with van der Waals surface area (Å²) in [5, 5.41) is 10.7. The lowest BCUT2D eigenvalue weighted by molar-refractivity contribution is -0.402. The van der Waals surface area contributed by atoms with E-state index in [1.54, 1.807) is 0 Å². The summed E-state index contributed by atoms with van der Waals surface area (Å²) in [5.41, 5.74) is 0.936. The molecule has 0 saturated heterocycles. The Morgan fingerprint density at radius 1 is 1.17 bits per heavy atom. The van der Waals surface area contributed by atoms with Crippen molar-refractivity contribution in [3.8, 4) is 0 Å². The number of carbonyl (C=O) groups excluding carboxylic acids is 2. The van der Waals surface area contributed by atoms with Gasteiger partial charge in [-0.05, 0) is 56.6 Å². The van der Waals surface area contributed by atoms with Gasteiger partial charge in [0.1, 0.15) is 4.92 Å². The highest BCUT2D eigenvalue weighted by Gasteiger charge is 2.39. The molecule has 0 aliphatic heterocycles. The van der Waals surface area contributed by atoms with Crippen LogP contribution in [0.15, 0.2) is 46.9 Å². The van der Waals surface area contributed by atoms with E-state index in [1.165, 1.54) is 12.1 Å². The number of carbonyl (C=O) groups is 2. The fourth-order valence-corrected chi connectivity index (χ4v) is 4.40. The van der Waals surface area contributed by atoms with Crippen molar-refractivity contribution in [3.05, 3.63) is 63.9 Å². The zero-order valence-electron chi connectivity index (χ0n) is 17.2. The maximum absolute atomic E-state index is 12.3. The largest absolute Gasteiger partial charge is 0.466 e. The van der Waals surface area contributed by atoms with Gasteiger partial charge >= 0.3 is 11.9 Å². The third-order valence-corrected chi connectivity index (χ3v) is 6.06. The van der Waals surface area contributed by atoms with Crippen LogP contribution in [0.1, 0.15) is 68.0 Å². The van der Waals surface area contributed by atoms with Crippen molar-refractivity contribution in [3.63, 3.8) is 0 Å². The third-order valence-electron chi connectivity index (χ3n) is 6.06. The molecule has 0 N–H and O–H groups in total. The fraction of sp³-hybridized carbons (Fsp3) is 0.478. The van der Waals surface area contributed by atoms with E-state index >= 15 is 0 Å². The number of hydrogen-bond acceptors (Lipinski definition) is 6. The molecule has 1 aliphatic rings. The molecule has 1 saturated carbocycles. The zero-order chi connectivity index (χ0) is 21.6. The average molecular weight is 413 g/mol. The van der Waals surface area contributed by atoms with E-state index in [-0.39, 0.29) is 22.9 Å². The second kappa shape index (κ2) is 9.69. The Hall–Kier alpha value is -2.96. The molecule has 7 nitrogen and oxygen atoms in total. The minimum atomic E-state index is -0.648. The van der Waals surface area contributed by atoms with Crippen LogP contribution in [0.3, 0.4) is 0 Å². The first kappa shape index (κ1) is 21.7. The van der Waals surface area contributed by atoms with Crippen molar-refractivity contribution in [2.45, 2.75) is 57.3 Å². The predicted molar refractivity (Wildman–Crippen MR) is 110 cm³/mol. The monoisotopic (exact) mass is 413 g/mol. The Bertz CT molecular complexity index is 880. The quantitative estimate of drug-likeness (QED) is 0.241. The van der Waals surface area contributed by atoms with Gasteiger partial charge in [-0.3, -0.25) is 19.7 Å².